The van der Waals surface area contributed by atoms with Crippen LogP contribution in [0.1, 0.15) is 21.5 Å². The van der Waals surface area contributed by atoms with Crippen molar-refractivity contribution in [3.63, 3.8) is 0 Å². The van der Waals surface area contributed by atoms with Crippen LogP contribution in [0.5, 0.6) is 11.5 Å². The van der Waals surface area contributed by atoms with Crippen molar-refractivity contribution in [1.29, 1.82) is 0 Å². The molecular weight excluding hydrogens is 266 g/mol. The molecule has 0 amide bonds. The zero-order valence-corrected chi connectivity index (χ0v) is 11.6. The molecule has 2 aromatic carbocycles. The van der Waals surface area contributed by atoms with Gasteiger partial charge in [0.1, 0.15) is 0 Å². The Hall–Kier alpha value is -2.75. The monoisotopic (exact) mass is 281 g/mol. The molecule has 2 aromatic rings. The number of fused-ring (bicyclic) bond motifs is 1. The van der Waals surface area contributed by atoms with Crippen LogP contribution in [-0.4, -0.2) is 18.0 Å². The fourth-order valence-corrected chi connectivity index (χ4v) is 2.52. The van der Waals surface area contributed by atoms with Crippen molar-refractivity contribution < 1.29 is 14.6 Å². The Balaban J connectivity index is 1.97. The van der Waals surface area contributed by atoms with E-state index in [1.54, 1.807) is 30.3 Å². The van der Waals surface area contributed by atoms with Crippen molar-refractivity contribution >= 4 is 17.5 Å². The van der Waals surface area contributed by atoms with Gasteiger partial charge in [0.2, 0.25) is 0 Å². The molecule has 4 heteroatoms. The van der Waals surface area contributed by atoms with Crippen LogP contribution >= 0.6 is 0 Å². The molecule has 0 radical (unpaired) electrons. The lowest BCUT2D eigenvalue weighted by Gasteiger charge is -2.04. The molecule has 1 aliphatic rings. The van der Waals surface area contributed by atoms with Crippen LogP contribution < -0.4 is 10.5 Å². The number of phenols is 1. The maximum absolute atomic E-state index is 12.4. The third-order valence-electron chi connectivity index (χ3n) is 3.60. The number of allylic oxidation sites excluding steroid dienone is 1. The van der Waals surface area contributed by atoms with Gasteiger partial charge in [-0.2, -0.15) is 0 Å². The number of phenolic OH excluding ortho intramolecular Hbond substituents is 1. The van der Waals surface area contributed by atoms with Crippen molar-refractivity contribution in [2.24, 2.45) is 0 Å². The van der Waals surface area contributed by atoms with E-state index in [1.165, 1.54) is 7.11 Å². The highest BCUT2D eigenvalue weighted by molar-refractivity contribution is 6.15. The van der Waals surface area contributed by atoms with E-state index in [9.17, 15) is 9.90 Å². The first-order valence-electron chi connectivity index (χ1n) is 6.59. The van der Waals surface area contributed by atoms with Crippen molar-refractivity contribution in [3.8, 4) is 11.5 Å². The highest BCUT2D eigenvalue weighted by Gasteiger charge is 2.24. The molecule has 0 bridgehead atoms. The molecule has 0 aromatic heterocycles. The second kappa shape index (κ2) is 4.98. The maximum Gasteiger partial charge on any atom is 0.189 e. The number of nitrogen functional groups attached to an aromatic ring is 1. The van der Waals surface area contributed by atoms with Crippen LogP contribution in [0.4, 0.5) is 5.69 Å². The predicted molar refractivity (Wildman–Crippen MR) is 81.5 cm³/mol. The topological polar surface area (TPSA) is 72.5 Å². The molecule has 0 saturated heterocycles. The standard InChI is InChI=1S/C17H15NO3/c1-21-16-7-10(2-5-15(16)19)6-12-8-11-3-4-13(18)9-14(11)17(12)20/h2-7,9,19H,8,18H2,1H3/b12-6+. The highest BCUT2D eigenvalue weighted by atomic mass is 16.5. The highest BCUT2D eigenvalue weighted by Crippen LogP contribution is 2.31. The Bertz CT molecular complexity index is 763. The van der Waals surface area contributed by atoms with Crippen LogP contribution in [0.25, 0.3) is 6.08 Å². The summed E-state index contributed by atoms with van der Waals surface area (Å²) in [6, 6.07) is 10.4. The molecule has 0 spiro atoms. The Morgan fingerprint density at radius 1 is 1.24 bits per heavy atom. The zero-order chi connectivity index (χ0) is 15.0. The van der Waals surface area contributed by atoms with Gasteiger partial charge in [0.05, 0.1) is 7.11 Å². The molecule has 3 rings (SSSR count). The predicted octanol–water partition coefficient (Wildman–Crippen LogP) is 2.81. The third kappa shape index (κ3) is 2.36. The summed E-state index contributed by atoms with van der Waals surface area (Å²) in [6.07, 6.45) is 2.41. The van der Waals surface area contributed by atoms with Crippen LogP contribution in [0.15, 0.2) is 42.0 Å². The number of Topliss-reactive ketones (excluding diaryl/α,β-unsaturated/α-hetero) is 1. The Morgan fingerprint density at radius 2 is 2.05 bits per heavy atom. The summed E-state index contributed by atoms with van der Waals surface area (Å²) in [5.74, 6) is 0.467. The molecule has 21 heavy (non-hydrogen) atoms. The minimum absolute atomic E-state index is 0.00402. The summed E-state index contributed by atoms with van der Waals surface area (Å²) >= 11 is 0. The largest absolute Gasteiger partial charge is 0.504 e. The number of benzene rings is 2. The summed E-state index contributed by atoms with van der Waals surface area (Å²) in [6.45, 7) is 0. The molecule has 0 aliphatic heterocycles. The Labute approximate surface area is 122 Å². The van der Waals surface area contributed by atoms with Crippen molar-refractivity contribution in [2.75, 3.05) is 12.8 Å². The van der Waals surface area contributed by atoms with Crippen molar-refractivity contribution in [2.45, 2.75) is 6.42 Å². The molecule has 1 aliphatic carbocycles. The van der Waals surface area contributed by atoms with Gasteiger partial charge < -0.3 is 15.6 Å². The van der Waals surface area contributed by atoms with Crippen LogP contribution in [0.2, 0.25) is 0 Å². The number of anilines is 1. The lowest BCUT2D eigenvalue weighted by atomic mass is 10.1. The lowest BCUT2D eigenvalue weighted by molar-refractivity contribution is 0.104. The van der Waals surface area contributed by atoms with E-state index in [1.807, 2.05) is 12.1 Å². The SMILES string of the molecule is COc1cc(/C=C2\Cc3ccc(N)cc3C2=O)ccc1O. The normalized spacial score (nSPS) is 15.3. The maximum atomic E-state index is 12.4. The number of hydrogen-bond acceptors (Lipinski definition) is 4. The molecule has 3 N–H and O–H groups in total. The van der Waals surface area contributed by atoms with Gasteiger partial charge in [0.15, 0.2) is 17.3 Å². The second-order valence-electron chi connectivity index (χ2n) is 5.02. The van der Waals surface area contributed by atoms with Gasteiger partial charge in [-0.05, 0) is 41.5 Å². The first-order chi connectivity index (χ1) is 10.1. The summed E-state index contributed by atoms with van der Waals surface area (Å²) in [4.78, 5) is 12.4. The number of ether oxygens (including phenoxy) is 1. The Morgan fingerprint density at radius 3 is 2.81 bits per heavy atom. The minimum Gasteiger partial charge on any atom is -0.504 e. The lowest BCUT2D eigenvalue weighted by Crippen LogP contribution is -1.96. The number of methoxy groups -OCH3 is 1. The van der Waals surface area contributed by atoms with E-state index in [4.69, 9.17) is 10.5 Å². The summed E-state index contributed by atoms with van der Waals surface area (Å²) in [5, 5.41) is 9.59. The average Bonchev–Trinajstić information content (AvgIpc) is 2.77. The number of ketones is 1. The second-order valence-corrected chi connectivity index (χ2v) is 5.02. The van der Waals surface area contributed by atoms with Crippen molar-refractivity contribution in [3.05, 3.63) is 58.7 Å². The van der Waals surface area contributed by atoms with Gasteiger partial charge in [-0.25, -0.2) is 0 Å². The van der Waals surface area contributed by atoms with E-state index >= 15 is 0 Å². The van der Waals surface area contributed by atoms with E-state index in [2.05, 4.69) is 0 Å². The van der Waals surface area contributed by atoms with Gasteiger partial charge >= 0.3 is 0 Å². The summed E-state index contributed by atoms with van der Waals surface area (Å²) in [7, 11) is 1.49. The first-order valence-corrected chi connectivity index (χ1v) is 6.59. The smallest absolute Gasteiger partial charge is 0.189 e. The first kappa shape index (κ1) is 13.2. The van der Waals surface area contributed by atoms with E-state index < -0.39 is 0 Å². The fourth-order valence-electron chi connectivity index (χ4n) is 2.52. The van der Waals surface area contributed by atoms with E-state index in [-0.39, 0.29) is 11.5 Å². The molecule has 0 saturated carbocycles. The average molecular weight is 281 g/mol. The molecule has 0 fully saturated rings. The van der Waals surface area contributed by atoms with E-state index in [0.717, 1.165) is 11.1 Å². The molecule has 4 nitrogen and oxygen atoms in total. The summed E-state index contributed by atoms with van der Waals surface area (Å²) in [5.41, 5.74) is 9.51. The van der Waals surface area contributed by atoms with Crippen molar-refractivity contribution in [1.82, 2.24) is 0 Å². The molecule has 0 heterocycles. The van der Waals surface area contributed by atoms with Gasteiger partial charge in [-0.3, -0.25) is 4.79 Å². The number of nitrogens with two attached hydrogens (primary N) is 1. The van der Waals surface area contributed by atoms with Gasteiger partial charge in [-0.1, -0.05) is 12.1 Å². The van der Waals surface area contributed by atoms with Crippen LogP contribution in [0, 0.1) is 0 Å². The Kier molecular flexibility index (Phi) is 3.14. The molecule has 0 atom stereocenters. The molecule has 0 unspecified atom stereocenters. The molecule has 106 valence electrons. The quantitative estimate of drug-likeness (QED) is 0.656. The van der Waals surface area contributed by atoms with E-state index in [0.29, 0.717) is 29.0 Å². The minimum atomic E-state index is 0.00402. The number of hydrogen-bond donors (Lipinski definition) is 2. The zero-order valence-electron chi connectivity index (χ0n) is 11.6. The van der Waals surface area contributed by atoms with Crippen LogP contribution in [-0.2, 0) is 6.42 Å². The van der Waals surface area contributed by atoms with Gasteiger partial charge in [0.25, 0.3) is 0 Å². The summed E-state index contributed by atoms with van der Waals surface area (Å²) < 4.78 is 5.07. The number of aromatic hydroxyl groups is 1. The number of rotatable bonds is 2. The molecular formula is C17H15NO3. The number of carbonyl (C=O) groups excluding carboxylic acids is 1. The number of carbonyl (C=O) groups is 1. The van der Waals surface area contributed by atoms with Gasteiger partial charge in [0, 0.05) is 23.2 Å². The fraction of sp³-hybridized carbons (Fsp3) is 0.118. The van der Waals surface area contributed by atoms with Crippen LogP contribution in [0.3, 0.4) is 0 Å². The van der Waals surface area contributed by atoms with Gasteiger partial charge in [-0.15, -0.1) is 0 Å². The third-order valence-corrected chi connectivity index (χ3v) is 3.60.